The molecule has 1 spiro atoms. The lowest BCUT2D eigenvalue weighted by Gasteiger charge is -2.46. The normalized spacial score (nSPS) is 13.4. The lowest BCUT2D eigenvalue weighted by molar-refractivity contribution is 0.590. The van der Waals surface area contributed by atoms with Crippen molar-refractivity contribution < 1.29 is 0 Å². The van der Waals surface area contributed by atoms with Gasteiger partial charge >= 0.3 is 0 Å². The Balaban J connectivity index is 0.911. The van der Waals surface area contributed by atoms with Gasteiger partial charge in [0, 0.05) is 77.9 Å². The van der Waals surface area contributed by atoms with Crippen LogP contribution in [0.4, 0.5) is 34.1 Å². The Morgan fingerprint density at radius 3 is 0.897 bits per heavy atom. The van der Waals surface area contributed by atoms with Gasteiger partial charge in [-0.05, 0) is 207 Å². The van der Waals surface area contributed by atoms with Gasteiger partial charge < -0.3 is 18.9 Å². The fourth-order valence-corrected chi connectivity index (χ4v) is 20.5. The first-order valence-corrected chi connectivity index (χ1v) is 40.9. The molecule has 4 nitrogen and oxygen atoms in total. The second-order valence-electron chi connectivity index (χ2n) is 34.2. The number of nitrogens with zero attached hydrogens (tertiary/aromatic N) is 4. The largest absolute Gasteiger partial charge is 0.310 e. The molecule has 19 aromatic rings. The highest BCUT2D eigenvalue weighted by atomic mass is 15.2. The van der Waals surface area contributed by atoms with Crippen LogP contribution in [0.15, 0.2) is 382 Å². The van der Waals surface area contributed by atoms with Crippen molar-refractivity contribution in [3.63, 3.8) is 0 Å². The summed E-state index contributed by atoms with van der Waals surface area (Å²) in [5.41, 5.74) is 40.4. The van der Waals surface area contributed by atoms with Crippen molar-refractivity contribution in [2.75, 3.05) is 9.80 Å². The molecule has 0 N–H and O–H groups in total. The molecule has 2 aliphatic carbocycles. The van der Waals surface area contributed by atoms with Gasteiger partial charge in [-0.15, -0.1) is 0 Å². The van der Waals surface area contributed by atoms with Crippen molar-refractivity contribution in [2.45, 2.75) is 57.8 Å². The Hall–Kier alpha value is -14.0. The van der Waals surface area contributed by atoms with Gasteiger partial charge in [-0.3, -0.25) is 0 Å². The van der Waals surface area contributed by atoms with Crippen molar-refractivity contribution in [2.24, 2.45) is 0 Å². The Morgan fingerprint density at radius 2 is 0.543 bits per heavy atom. The van der Waals surface area contributed by atoms with Crippen molar-refractivity contribution in [1.82, 2.24) is 9.13 Å². The average Bonchev–Trinajstić information content (AvgIpc) is 1.41. The average molecular weight is 1480 g/mol. The standard InChI is InChI=1S/C111H81BN4/c1-109(2,3)76-64-87(70-33-11-7-12-34-70)107(88(65-76)71-35-13-8-14-36-71)115-102-68-78(113-98-51-29-22-44-83(98)84-45-23-30-52-99(84)113)56-59-96(102)112-97-60-57-79(114-100-53-31-24-46-85(100)86-47-25-32-54-101(86)114)69-103(97)116(108-89(72-37-15-9-16-38-72)66-77(110(4,5)6)67-90(108)73-39-17-10-18-40-73)105-63-75(62-104(115)106(105)112)74-55-58-95-91(61-74)82-43-21-28-50-94(82)111(95)92-48-26-19-41-80(92)81-42-20-27-49-93(81)111/h7-69H,1-6H3. The van der Waals surface area contributed by atoms with E-state index in [4.69, 9.17) is 0 Å². The van der Waals surface area contributed by atoms with Gasteiger partial charge in [0.15, 0.2) is 0 Å². The number of fused-ring (bicyclic) bond motifs is 20. The quantitative estimate of drug-likeness (QED) is 0.134. The van der Waals surface area contributed by atoms with E-state index in [1.807, 2.05) is 0 Å². The van der Waals surface area contributed by atoms with Crippen molar-refractivity contribution >= 4 is 101 Å². The van der Waals surface area contributed by atoms with Crippen LogP contribution in [0, 0.1) is 0 Å². The van der Waals surface area contributed by atoms with E-state index in [1.54, 1.807) is 0 Å². The van der Waals surface area contributed by atoms with Crippen LogP contribution in [0.25, 0.3) is 133 Å². The van der Waals surface area contributed by atoms with Gasteiger partial charge in [-0.1, -0.05) is 333 Å². The fraction of sp³-hybridized carbons (Fsp3) is 0.0811. The number of para-hydroxylation sites is 4. The maximum atomic E-state index is 2.75. The smallest absolute Gasteiger partial charge is 0.252 e. The summed E-state index contributed by atoms with van der Waals surface area (Å²) < 4.78 is 5.03. The van der Waals surface area contributed by atoms with Crippen LogP contribution < -0.4 is 26.2 Å². The van der Waals surface area contributed by atoms with Gasteiger partial charge in [0.25, 0.3) is 6.71 Å². The monoisotopic (exact) mass is 1480 g/mol. The molecule has 2 aliphatic heterocycles. The first-order chi connectivity index (χ1) is 56.8. The molecule has 17 aromatic carbocycles. The van der Waals surface area contributed by atoms with Crippen LogP contribution >= 0.6 is 0 Å². The van der Waals surface area contributed by atoms with E-state index in [2.05, 4.69) is 443 Å². The topological polar surface area (TPSA) is 16.3 Å². The van der Waals surface area contributed by atoms with Crippen molar-refractivity contribution in [3.05, 3.63) is 416 Å². The van der Waals surface area contributed by atoms with E-state index in [-0.39, 0.29) is 17.5 Å². The van der Waals surface area contributed by atoms with E-state index in [0.29, 0.717) is 0 Å². The number of aromatic nitrogens is 2. The number of rotatable bonds is 9. The molecule has 4 aliphatic rings. The summed E-state index contributed by atoms with van der Waals surface area (Å²) in [4.78, 5) is 5.50. The van der Waals surface area contributed by atoms with Crippen molar-refractivity contribution in [1.29, 1.82) is 0 Å². The van der Waals surface area contributed by atoms with Gasteiger partial charge in [-0.25, -0.2) is 0 Å². The molecule has 116 heavy (non-hydrogen) atoms. The Morgan fingerprint density at radius 1 is 0.233 bits per heavy atom. The van der Waals surface area contributed by atoms with Crippen LogP contribution in [0.2, 0.25) is 0 Å². The van der Waals surface area contributed by atoms with Gasteiger partial charge in [0.05, 0.1) is 38.9 Å². The van der Waals surface area contributed by atoms with E-state index < -0.39 is 5.41 Å². The van der Waals surface area contributed by atoms with E-state index in [0.717, 1.165) is 123 Å². The molecule has 0 unspecified atom stereocenters. The second-order valence-corrected chi connectivity index (χ2v) is 34.2. The van der Waals surface area contributed by atoms with Crippen LogP contribution in [0.1, 0.15) is 74.9 Å². The highest BCUT2D eigenvalue weighted by molar-refractivity contribution is 7.00. The molecule has 0 saturated carbocycles. The summed E-state index contributed by atoms with van der Waals surface area (Å²) in [5, 5.41) is 4.88. The highest BCUT2D eigenvalue weighted by Crippen LogP contribution is 2.64. The molecule has 0 fully saturated rings. The molecule has 2 aromatic heterocycles. The molecule has 23 rings (SSSR count). The van der Waals surface area contributed by atoms with E-state index in [1.165, 1.54) is 93.6 Å². The minimum atomic E-state index is -0.530. The van der Waals surface area contributed by atoms with E-state index >= 15 is 0 Å². The molecule has 0 saturated heterocycles. The molecule has 0 amide bonds. The third-order valence-electron chi connectivity index (χ3n) is 25.8. The lowest BCUT2D eigenvalue weighted by atomic mass is 9.33. The molecule has 0 atom stereocenters. The second kappa shape index (κ2) is 25.5. The third-order valence-corrected chi connectivity index (χ3v) is 25.8. The van der Waals surface area contributed by atoms with Crippen LogP contribution in [0.3, 0.4) is 0 Å². The zero-order chi connectivity index (χ0) is 77.5. The predicted octanol–water partition coefficient (Wildman–Crippen LogP) is 27.2. The summed E-state index contributed by atoms with van der Waals surface area (Å²) in [6.07, 6.45) is 0. The zero-order valence-electron chi connectivity index (χ0n) is 65.7. The summed E-state index contributed by atoms with van der Waals surface area (Å²) in [6, 6.07) is 146. The Kier molecular flexibility index (Phi) is 14.9. The number of hydrogen-bond donors (Lipinski definition) is 0. The number of anilines is 6. The highest BCUT2D eigenvalue weighted by Gasteiger charge is 2.52. The summed E-state index contributed by atoms with van der Waals surface area (Å²) in [7, 11) is 0. The molecule has 0 bridgehead atoms. The Labute approximate surface area is 677 Å². The zero-order valence-corrected chi connectivity index (χ0v) is 65.7. The molecule has 5 heteroatoms. The summed E-state index contributed by atoms with van der Waals surface area (Å²) in [5.74, 6) is 0. The lowest BCUT2D eigenvalue weighted by Crippen LogP contribution is -2.61. The van der Waals surface area contributed by atoms with Crippen LogP contribution in [0.5, 0.6) is 0 Å². The number of hydrogen-bond acceptors (Lipinski definition) is 2. The van der Waals surface area contributed by atoms with Crippen LogP contribution in [-0.4, -0.2) is 15.8 Å². The fourth-order valence-electron chi connectivity index (χ4n) is 20.5. The maximum Gasteiger partial charge on any atom is 0.252 e. The maximum absolute atomic E-state index is 2.75. The third kappa shape index (κ3) is 9.94. The van der Waals surface area contributed by atoms with Gasteiger partial charge in [-0.2, -0.15) is 0 Å². The van der Waals surface area contributed by atoms with Gasteiger partial charge in [0.1, 0.15) is 0 Å². The van der Waals surface area contributed by atoms with Crippen molar-refractivity contribution in [3.8, 4) is 89.3 Å². The molecule has 0 radical (unpaired) electrons. The first kappa shape index (κ1) is 67.7. The predicted molar refractivity (Wildman–Crippen MR) is 490 cm³/mol. The minimum absolute atomic E-state index is 0.232. The SMILES string of the molecule is CC(C)(C)c1cc(-c2ccccc2)c(N2c3cc(-n4c5ccccc5c5ccccc54)ccc3B3c4ccc(-n5c6ccccc6c6ccccc65)cc4N(c4c(-c5ccccc5)cc(C(C)(C)C)cc4-c4ccccc4)c4cc(-c5ccc6c(c5)-c5ccccc5C65c6ccccc6-c6ccccc65)cc2c43)c(-c2ccccc2)c1. The first-order valence-electron chi connectivity index (χ1n) is 40.9. The molecular weight excluding hydrogens is 1400 g/mol. The molecule has 548 valence electrons. The van der Waals surface area contributed by atoms with Gasteiger partial charge in [0.2, 0.25) is 0 Å². The Bertz CT molecular complexity index is 6690. The minimum Gasteiger partial charge on any atom is -0.310 e. The summed E-state index contributed by atoms with van der Waals surface area (Å²) in [6.45, 7) is 13.9. The summed E-state index contributed by atoms with van der Waals surface area (Å²) >= 11 is 0. The number of benzene rings is 17. The molecule has 4 heterocycles. The van der Waals surface area contributed by atoms with E-state index in [9.17, 15) is 0 Å². The van der Waals surface area contributed by atoms with Crippen LogP contribution in [-0.2, 0) is 16.2 Å². The molecular formula is C111H81BN4.